The largest absolute Gasteiger partial charge is 0.449 e. The molecule has 40 heavy (non-hydrogen) atoms. The second-order valence-corrected chi connectivity index (χ2v) is 9.25. The van der Waals surface area contributed by atoms with Gasteiger partial charge in [-0.25, -0.2) is 15.8 Å². The third kappa shape index (κ3) is 5.43. The van der Waals surface area contributed by atoms with Crippen LogP contribution in [0.4, 0.5) is 0 Å². The lowest BCUT2D eigenvalue weighted by molar-refractivity contribution is 0.0226. The van der Waals surface area contributed by atoms with Crippen LogP contribution in [0.25, 0.3) is 0 Å². The SMILES string of the molecule is CN1CCN=C1c1cccc(OC2N=C(Cc3ccccc3)C(N)=C(Oc3ccc(C#N)c(C(N)=O)c3)N2N)c1. The minimum Gasteiger partial charge on any atom is -0.449 e. The Labute approximate surface area is 231 Å². The van der Waals surface area contributed by atoms with Crippen LogP contribution in [0.15, 0.2) is 94.4 Å². The Hall–Kier alpha value is -5.34. The highest BCUT2D eigenvalue weighted by Crippen LogP contribution is 2.27. The Morgan fingerprint density at radius 1 is 1.10 bits per heavy atom. The van der Waals surface area contributed by atoms with Crippen LogP contribution < -0.4 is 26.8 Å². The van der Waals surface area contributed by atoms with E-state index >= 15 is 0 Å². The summed E-state index contributed by atoms with van der Waals surface area (Å²) >= 11 is 0. The number of nitriles is 1. The van der Waals surface area contributed by atoms with Gasteiger partial charge in [0.2, 0.25) is 11.8 Å². The summed E-state index contributed by atoms with van der Waals surface area (Å²) in [5.41, 5.74) is 14.7. The minimum atomic E-state index is -1.02. The van der Waals surface area contributed by atoms with Crippen molar-refractivity contribution >= 4 is 17.5 Å². The van der Waals surface area contributed by atoms with Gasteiger partial charge in [-0.05, 0) is 35.9 Å². The number of rotatable bonds is 8. The third-order valence-electron chi connectivity index (χ3n) is 6.48. The fraction of sp³-hybridized carbons (Fsp3) is 0.172. The van der Waals surface area contributed by atoms with E-state index in [4.69, 9.17) is 31.8 Å². The number of amides is 1. The fourth-order valence-electron chi connectivity index (χ4n) is 4.42. The smallest absolute Gasteiger partial charge is 0.286 e. The number of ether oxygens (including phenoxy) is 2. The molecule has 11 nitrogen and oxygen atoms in total. The number of allylic oxidation sites excluding steroid dienone is 1. The minimum absolute atomic E-state index is 0.0149. The van der Waals surface area contributed by atoms with Crippen molar-refractivity contribution in [1.29, 1.82) is 5.26 Å². The lowest BCUT2D eigenvalue weighted by Gasteiger charge is -2.33. The predicted octanol–water partition coefficient (Wildman–Crippen LogP) is 2.09. The zero-order valence-corrected chi connectivity index (χ0v) is 21.8. The number of benzene rings is 3. The molecular formula is C29H28N8O3. The molecule has 5 rings (SSSR count). The van der Waals surface area contributed by atoms with Crippen molar-refractivity contribution in [3.05, 3.63) is 107 Å². The summed E-state index contributed by atoms with van der Waals surface area (Å²) in [6.45, 7) is 1.59. The van der Waals surface area contributed by atoms with E-state index in [0.717, 1.165) is 30.1 Å². The molecule has 0 aromatic heterocycles. The molecule has 0 saturated carbocycles. The predicted molar refractivity (Wildman–Crippen MR) is 150 cm³/mol. The number of nitrogens with zero attached hydrogens (tertiary/aromatic N) is 5. The molecule has 3 aromatic rings. The fourth-order valence-corrected chi connectivity index (χ4v) is 4.42. The van der Waals surface area contributed by atoms with Crippen molar-refractivity contribution < 1.29 is 14.3 Å². The first-order valence-electron chi connectivity index (χ1n) is 12.5. The molecule has 1 atom stereocenters. The average Bonchev–Trinajstić information content (AvgIpc) is 3.40. The summed E-state index contributed by atoms with van der Waals surface area (Å²) in [4.78, 5) is 23.3. The van der Waals surface area contributed by atoms with E-state index in [9.17, 15) is 10.1 Å². The van der Waals surface area contributed by atoms with Crippen LogP contribution in [-0.2, 0) is 6.42 Å². The molecule has 2 aliphatic rings. The highest BCUT2D eigenvalue weighted by atomic mass is 16.5. The molecule has 0 aliphatic carbocycles. The number of primary amides is 1. The summed E-state index contributed by atoms with van der Waals surface area (Å²) in [6, 6.07) is 23.5. The van der Waals surface area contributed by atoms with Gasteiger partial charge in [-0.1, -0.05) is 42.5 Å². The molecule has 2 heterocycles. The van der Waals surface area contributed by atoms with Gasteiger partial charge in [-0.3, -0.25) is 9.79 Å². The van der Waals surface area contributed by atoms with Gasteiger partial charge in [0.15, 0.2) is 0 Å². The lowest BCUT2D eigenvalue weighted by Crippen LogP contribution is -2.49. The van der Waals surface area contributed by atoms with Crippen molar-refractivity contribution in [3.8, 4) is 17.6 Å². The number of aliphatic imine (C=N–C) groups is 2. The number of likely N-dealkylation sites (N-methyl/N-ethyl adjacent to an activating group) is 1. The summed E-state index contributed by atoms with van der Waals surface area (Å²) in [5.74, 6) is 7.39. The standard InChI is InChI=1S/C29H28N8O3/c1-36-13-12-34-27(36)19-8-5-9-21(15-19)40-29-35-24(14-18-6-3-2-4-7-18)25(31)28(37(29)33)39-22-11-10-20(17-30)23(16-22)26(32)38/h2-11,15-16,29H,12-14,31,33H2,1H3,(H2,32,38). The van der Waals surface area contributed by atoms with Crippen LogP contribution in [-0.4, -0.2) is 53.9 Å². The van der Waals surface area contributed by atoms with E-state index in [1.165, 1.54) is 23.2 Å². The Kier molecular flexibility index (Phi) is 7.35. The molecule has 0 bridgehead atoms. The second kappa shape index (κ2) is 11.2. The molecule has 2 aliphatic heterocycles. The van der Waals surface area contributed by atoms with Gasteiger partial charge in [0.25, 0.3) is 6.35 Å². The van der Waals surface area contributed by atoms with Gasteiger partial charge in [0, 0.05) is 25.6 Å². The Morgan fingerprint density at radius 2 is 1.90 bits per heavy atom. The number of nitrogens with two attached hydrogens (primary N) is 3. The van der Waals surface area contributed by atoms with E-state index in [2.05, 4.69) is 9.89 Å². The van der Waals surface area contributed by atoms with Gasteiger partial charge in [0.1, 0.15) is 23.0 Å². The second-order valence-electron chi connectivity index (χ2n) is 9.25. The van der Waals surface area contributed by atoms with Crippen LogP contribution in [0.2, 0.25) is 0 Å². The van der Waals surface area contributed by atoms with E-state index in [0.29, 0.717) is 17.9 Å². The summed E-state index contributed by atoms with van der Waals surface area (Å²) in [6.07, 6.45) is -0.622. The van der Waals surface area contributed by atoms with Crippen molar-refractivity contribution in [1.82, 2.24) is 9.91 Å². The van der Waals surface area contributed by atoms with Crippen molar-refractivity contribution in [2.75, 3.05) is 20.1 Å². The first-order chi connectivity index (χ1) is 19.3. The van der Waals surface area contributed by atoms with Crippen LogP contribution in [0.5, 0.6) is 11.5 Å². The molecule has 1 amide bonds. The Morgan fingerprint density at radius 3 is 2.60 bits per heavy atom. The number of amidine groups is 1. The molecular weight excluding hydrogens is 508 g/mol. The zero-order valence-electron chi connectivity index (χ0n) is 21.8. The molecule has 0 saturated heterocycles. The lowest BCUT2D eigenvalue weighted by atomic mass is 10.1. The number of carbonyl (C=O) groups is 1. The summed E-state index contributed by atoms with van der Waals surface area (Å²) in [5, 5.41) is 10.5. The topological polar surface area (TPSA) is 169 Å². The first kappa shape index (κ1) is 26.3. The summed E-state index contributed by atoms with van der Waals surface area (Å²) < 4.78 is 12.3. The molecule has 6 N–H and O–H groups in total. The quantitative estimate of drug-likeness (QED) is 0.368. The monoisotopic (exact) mass is 536 g/mol. The molecule has 202 valence electrons. The molecule has 0 fully saturated rings. The van der Waals surface area contributed by atoms with Gasteiger partial charge in [-0.15, -0.1) is 0 Å². The molecule has 1 unspecified atom stereocenters. The van der Waals surface area contributed by atoms with E-state index in [1.807, 2.05) is 61.6 Å². The summed E-state index contributed by atoms with van der Waals surface area (Å²) in [7, 11) is 1.99. The molecule has 0 radical (unpaired) electrons. The molecule has 3 aromatic carbocycles. The highest BCUT2D eigenvalue weighted by Gasteiger charge is 2.31. The Bertz CT molecular complexity index is 1580. The maximum absolute atomic E-state index is 11.9. The van der Waals surface area contributed by atoms with Crippen LogP contribution >= 0.6 is 0 Å². The van der Waals surface area contributed by atoms with Crippen LogP contribution in [0, 0.1) is 11.3 Å². The zero-order chi connectivity index (χ0) is 28.2. The maximum atomic E-state index is 11.9. The first-order valence-corrected chi connectivity index (χ1v) is 12.5. The third-order valence-corrected chi connectivity index (χ3v) is 6.48. The number of hydrogen-bond donors (Lipinski definition) is 3. The van der Waals surface area contributed by atoms with Gasteiger partial charge < -0.3 is 25.8 Å². The number of carbonyl (C=O) groups excluding carboxylic acids is 1. The number of hydrogen-bond acceptors (Lipinski definition) is 10. The van der Waals surface area contributed by atoms with Crippen molar-refractivity contribution in [2.45, 2.75) is 12.8 Å². The van der Waals surface area contributed by atoms with Gasteiger partial charge in [-0.2, -0.15) is 5.26 Å². The van der Waals surface area contributed by atoms with Crippen LogP contribution in [0.1, 0.15) is 27.0 Å². The number of hydrazine groups is 1. The average molecular weight is 537 g/mol. The van der Waals surface area contributed by atoms with Crippen molar-refractivity contribution in [2.24, 2.45) is 27.3 Å². The van der Waals surface area contributed by atoms with E-state index in [1.54, 1.807) is 6.07 Å². The normalized spacial score (nSPS) is 16.8. The molecule has 0 spiro atoms. The molecule has 11 heteroatoms. The van der Waals surface area contributed by atoms with E-state index < -0.39 is 12.3 Å². The van der Waals surface area contributed by atoms with Gasteiger partial charge >= 0.3 is 0 Å². The van der Waals surface area contributed by atoms with Crippen LogP contribution in [0.3, 0.4) is 0 Å². The maximum Gasteiger partial charge on any atom is 0.286 e. The Balaban J connectivity index is 1.48. The van der Waals surface area contributed by atoms with E-state index in [-0.39, 0.29) is 28.5 Å². The van der Waals surface area contributed by atoms with Crippen molar-refractivity contribution in [3.63, 3.8) is 0 Å². The highest BCUT2D eigenvalue weighted by molar-refractivity contribution is 6.02. The van der Waals surface area contributed by atoms with Gasteiger partial charge in [0.05, 0.1) is 29.5 Å².